The Kier molecular flexibility index (Phi) is 6.98. The summed E-state index contributed by atoms with van der Waals surface area (Å²) in [6.45, 7) is 2.15. The normalized spacial score (nSPS) is 10.2. The van der Waals surface area contributed by atoms with E-state index in [-0.39, 0.29) is 24.9 Å². The fourth-order valence-electron chi connectivity index (χ4n) is 1.54. The smallest absolute Gasteiger partial charge is 0.259 e. The highest BCUT2D eigenvalue weighted by atomic mass is 79.9. The zero-order valence-electron chi connectivity index (χ0n) is 11.3. The molecule has 1 amide bonds. The first-order valence-corrected chi connectivity index (χ1v) is 6.80. The number of hydrogen-bond acceptors (Lipinski definition) is 4. The first-order chi connectivity index (χ1) is 9.63. The fraction of sp³-hybridized carbons (Fsp3) is 0.143. The highest BCUT2D eigenvalue weighted by molar-refractivity contribution is 9.10. The van der Waals surface area contributed by atoms with Gasteiger partial charge in [-0.1, -0.05) is 12.1 Å². The number of anilines is 1. The van der Waals surface area contributed by atoms with Gasteiger partial charge >= 0.3 is 0 Å². The number of furan rings is 1. The van der Waals surface area contributed by atoms with Crippen molar-refractivity contribution in [1.29, 1.82) is 0 Å². The molecular weight excluding hydrogens is 358 g/mol. The molecule has 5 nitrogen and oxygen atoms in total. The van der Waals surface area contributed by atoms with Crippen LogP contribution in [0.5, 0.6) is 0 Å². The van der Waals surface area contributed by atoms with Crippen LogP contribution in [0.3, 0.4) is 0 Å². The molecule has 0 bridgehead atoms. The van der Waals surface area contributed by atoms with E-state index in [4.69, 9.17) is 4.42 Å². The summed E-state index contributed by atoms with van der Waals surface area (Å²) in [7, 11) is 0. The second-order valence-electron chi connectivity index (χ2n) is 4.16. The molecule has 0 saturated carbocycles. The van der Waals surface area contributed by atoms with Crippen LogP contribution >= 0.6 is 28.3 Å². The molecule has 0 aliphatic rings. The number of carbonyl (C=O) groups is 1. The van der Waals surface area contributed by atoms with E-state index in [1.165, 1.54) is 6.21 Å². The van der Waals surface area contributed by atoms with Crippen molar-refractivity contribution in [3.8, 4) is 0 Å². The molecule has 0 unspecified atom stereocenters. The van der Waals surface area contributed by atoms with E-state index in [0.717, 1.165) is 11.3 Å². The number of nitrogens with zero attached hydrogens (tertiary/aromatic N) is 1. The van der Waals surface area contributed by atoms with Crippen molar-refractivity contribution in [2.45, 2.75) is 6.92 Å². The number of aryl methyl sites for hydroxylation is 1. The molecule has 1 aromatic carbocycles. The average Bonchev–Trinajstić information content (AvgIpc) is 2.82. The first kappa shape index (κ1) is 17.3. The van der Waals surface area contributed by atoms with Gasteiger partial charge in [-0.25, -0.2) is 5.43 Å². The lowest BCUT2D eigenvalue weighted by atomic mass is 10.2. The van der Waals surface area contributed by atoms with Gasteiger partial charge in [0, 0.05) is 5.69 Å². The third-order valence-electron chi connectivity index (χ3n) is 2.45. The van der Waals surface area contributed by atoms with Crippen LogP contribution in [0.25, 0.3) is 0 Å². The van der Waals surface area contributed by atoms with Gasteiger partial charge in [-0.05, 0) is 52.7 Å². The summed E-state index contributed by atoms with van der Waals surface area (Å²) in [6.07, 6.45) is 1.44. The van der Waals surface area contributed by atoms with Gasteiger partial charge in [-0.15, -0.1) is 12.4 Å². The van der Waals surface area contributed by atoms with Crippen LogP contribution in [0.1, 0.15) is 11.3 Å². The topological polar surface area (TPSA) is 66.6 Å². The Bertz CT molecular complexity index is 628. The third kappa shape index (κ3) is 6.01. The Balaban J connectivity index is 0.00000220. The largest absolute Gasteiger partial charge is 0.448 e. The maximum atomic E-state index is 11.6. The van der Waals surface area contributed by atoms with E-state index in [1.54, 1.807) is 12.1 Å². The number of hydrazone groups is 1. The molecule has 0 atom stereocenters. The molecule has 0 fully saturated rings. The van der Waals surface area contributed by atoms with E-state index in [1.807, 2.05) is 31.2 Å². The Morgan fingerprint density at radius 3 is 2.86 bits per heavy atom. The molecule has 0 saturated heterocycles. The lowest BCUT2D eigenvalue weighted by molar-refractivity contribution is -0.119. The van der Waals surface area contributed by atoms with Crippen molar-refractivity contribution in [3.05, 3.63) is 52.4 Å². The average molecular weight is 373 g/mol. The molecule has 2 aromatic rings. The van der Waals surface area contributed by atoms with Crippen LogP contribution in [0.15, 0.2) is 50.6 Å². The number of rotatable bonds is 5. The van der Waals surface area contributed by atoms with Crippen LogP contribution in [-0.4, -0.2) is 18.7 Å². The molecule has 2 rings (SSSR count). The molecule has 1 heterocycles. The number of hydrogen-bond donors (Lipinski definition) is 2. The number of halogens is 2. The van der Waals surface area contributed by atoms with E-state index < -0.39 is 0 Å². The molecule has 0 spiro atoms. The molecule has 1 aromatic heterocycles. The molecule has 0 aliphatic carbocycles. The number of amides is 1. The second kappa shape index (κ2) is 8.49. The van der Waals surface area contributed by atoms with Crippen molar-refractivity contribution in [2.24, 2.45) is 5.10 Å². The summed E-state index contributed by atoms with van der Waals surface area (Å²) < 4.78 is 5.83. The van der Waals surface area contributed by atoms with E-state index in [2.05, 4.69) is 31.8 Å². The zero-order chi connectivity index (χ0) is 14.4. The van der Waals surface area contributed by atoms with E-state index >= 15 is 0 Å². The van der Waals surface area contributed by atoms with Gasteiger partial charge in [0.05, 0.1) is 12.8 Å². The van der Waals surface area contributed by atoms with Crippen molar-refractivity contribution in [1.82, 2.24) is 5.43 Å². The monoisotopic (exact) mass is 371 g/mol. The lowest BCUT2D eigenvalue weighted by Gasteiger charge is -2.05. The molecule has 2 N–H and O–H groups in total. The molecule has 0 radical (unpaired) electrons. The molecule has 7 heteroatoms. The predicted octanol–water partition coefficient (Wildman–Crippen LogP) is 3.33. The summed E-state index contributed by atoms with van der Waals surface area (Å²) in [4.78, 5) is 11.6. The number of nitrogens with one attached hydrogen (secondary N) is 2. The highest BCUT2D eigenvalue weighted by Gasteiger charge is 2.00. The second-order valence-corrected chi connectivity index (χ2v) is 4.94. The van der Waals surface area contributed by atoms with Crippen LogP contribution < -0.4 is 10.7 Å². The lowest BCUT2D eigenvalue weighted by Crippen LogP contribution is -2.25. The fourth-order valence-corrected chi connectivity index (χ4v) is 1.86. The summed E-state index contributed by atoms with van der Waals surface area (Å²) in [6, 6.07) is 11.3. The van der Waals surface area contributed by atoms with E-state index in [9.17, 15) is 4.79 Å². The van der Waals surface area contributed by atoms with Gasteiger partial charge < -0.3 is 9.73 Å². The Morgan fingerprint density at radius 1 is 1.38 bits per heavy atom. The first-order valence-electron chi connectivity index (χ1n) is 6.01. The molecule has 0 aliphatic heterocycles. The standard InChI is InChI=1S/C14H14BrN3O2.ClH/c1-10-3-2-4-11(7-10)16-9-14(19)18-17-8-12-5-6-13(15)20-12;/h2-8,16H,9H2,1H3,(H,18,19);1H/b17-8+;. The minimum atomic E-state index is -0.228. The van der Waals surface area contributed by atoms with Crippen molar-refractivity contribution < 1.29 is 9.21 Å². The predicted molar refractivity (Wildman–Crippen MR) is 89.1 cm³/mol. The maximum absolute atomic E-state index is 11.6. The molecule has 21 heavy (non-hydrogen) atoms. The highest BCUT2D eigenvalue weighted by Crippen LogP contribution is 2.12. The summed E-state index contributed by atoms with van der Waals surface area (Å²) in [5, 5.41) is 6.83. The summed E-state index contributed by atoms with van der Waals surface area (Å²) >= 11 is 3.18. The zero-order valence-corrected chi connectivity index (χ0v) is 13.7. The minimum Gasteiger partial charge on any atom is -0.448 e. The Labute approximate surface area is 137 Å². The van der Waals surface area contributed by atoms with Crippen LogP contribution in [0.4, 0.5) is 5.69 Å². The van der Waals surface area contributed by atoms with Gasteiger partial charge in [0.1, 0.15) is 5.76 Å². The van der Waals surface area contributed by atoms with Crippen molar-refractivity contribution in [3.63, 3.8) is 0 Å². The number of benzene rings is 1. The van der Waals surface area contributed by atoms with Crippen LogP contribution in [0, 0.1) is 6.92 Å². The number of carbonyl (C=O) groups excluding carboxylic acids is 1. The van der Waals surface area contributed by atoms with Gasteiger partial charge in [0.15, 0.2) is 4.67 Å². The van der Waals surface area contributed by atoms with Gasteiger partial charge in [0.2, 0.25) is 0 Å². The Hall–Kier alpha value is -1.79. The van der Waals surface area contributed by atoms with Gasteiger partial charge in [-0.2, -0.15) is 5.10 Å². The van der Waals surface area contributed by atoms with Crippen molar-refractivity contribution in [2.75, 3.05) is 11.9 Å². The van der Waals surface area contributed by atoms with Crippen LogP contribution in [-0.2, 0) is 4.79 Å². The SMILES string of the molecule is Cc1cccc(NCC(=O)N/N=C/c2ccc(Br)o2)c1.Cl. The van der Waals surface area contributed by atoms with Gasteiger partial charge in [-0.3, -0.25) is 4.79 Å². The third-order valence-corrected chi connectivity index (χ3v) is 2.87. The summed E-state index contributed by atoms with van der Waals surface area (Å²) in [5.41, 5.74) is 4.46. The Morgan fingerprint density at radius 2 is 2.19 bits per heavy atom. The van der Waals surface area contributed by atoms with Crippen LogP contribution in [0.2, 0.25) is 0 Å². The maximum Gasteiger partial charge on any atom is 0.259 e. The molecule has 112 valence electrons. The summed E-state index contributed by atoms with van der Waals surface area (Å²) in [5.74, 6) is 0.331. The van der Waals surface area contributed by atoms with Crippen molar-refractivity contribution >= 4 is 46.1 Å². The minimum absolute atomic E-state index is 0. The van der Waals surface area contributed by atoms with Gasteiger partial charge in [0.25, 0.3) is 5.91 Å². The molecular formula is C14H15BrClN3O2. The van der Waals surface area contributed by atoms with E-state index in [0.29, 0.717) is 10.4 Å². The quantitative estimate of drug-likeness (QED) is 0.625.